The third kappa shape index (κ3) is 5.77. The molecule has 176 valence electrons. The second-order valence-electron chi connectivity index (χ2n) is 8.99. The zero-order valence-corrected chi connectivity index (χ0v) is 20.0. The van der Waals surface area contributed by atoms with Crippen molar-refractivity contribution in [3.05, 3.63) is 40.4 Å². The molecule has 32 heavy (non-hydrogen) atoms. The highest BCUT2D eigenvalue weighted by atomic mass is 16.5. The average Bonchev–Trinajstić information content (AvgIpc) is 3.33. The summed E-state index contributed by atoms with van der Waals surface area (Å²) >= 11 is 0. The van der Waals surface area contributed by atoms with Crippen molar-refractivity contribution in [3.63, 3.8) is 0 Å². The van der Waals surface area contributed by atoms with Gasteiger partial charge in [0.05, 0.1) is 16.9 Å². The van der Waals surface area contributed by atoms with E-state index in [-0.39, 0.29) is 17.5 Å². The van der Waals surface area contributed by atoms with E-state index in [1.54, 1.807) is 11.7 Å². The van der Waals surface area contributed by atoms with Gasteiger partial charge in [0.15, 0.2) is 0 Å². The van der Waals surface area contributed by atoms with Crippen molar-refractivity contribution < 1.29 is 9.53 Å². The van der Waals surface area contributed by atoms with Gasteiger partial charge in [-0.2, -0.15) is 0 Å². The molecule has 1 saturated carbocycles. The van der Waals surface area contributed by atoms with E-state index in [1.807, 2.05) is 29.2 Å². The first-order chi connectivity index (χ1) is 15.6. The summed E-state index contributed by atoms with van der Waals surface area (Å²) < 4.78 is 7.06. The van der Waals surface area contributed by atoms with Gasteiger partial charge in [-0.15, -0.1) is 0 Å². The Hall–Kier alpha value is -2.21. The van der Waals surface area contributed by atoms with Crippen LogP contribution in [0.1, 0.15) is 83.5 Å². The molecule has 1 heterocycles. The normalized spacial score (nSPS) is 15.3. The summed E-state index contributed by atoms with van der Waals surface area (Å²) in [5.41, 5.74) is 0.690. The highest BCUT2D eigenvalue weighted by Gasteiger charge is 2.28. The van der Waals surface area contributed by atoms with Gasteiger partial charge in [-0.3, -0.25) is 14.2 Å². The summed E-state index contributed by atoms with van der Waals surface area (Å²) in [6, 6.07) is 7.30. The molecular formula is C26H39N3O3. The van der Waals surface area contributed by atoms with Gasteiger partial charge in [0.2, 0.25) is 5.91 Å². The number of fused-ring (bicyclic) bond motifs is 1. The first-order valence-corrected chi connectivity index (χ1v) is 12.4. The number of aromatic nitrogens is 2. The maximum absolute atomic E-state index is 13.5. The minimum absolute atomic E-state index is 0.0128. The standard InChI is InChI=1S/C26H39N3O3/c1-4-17-29-25(27-22-14-9-8-13-21(22)26(29)31)23(5-2)28(18-10-19-32-3)24(30)16-15-20-11-6-7-12-20/h8-9,13-14,20,23H,4-7,10-12,15-19H2,1-3H3. The number of para-hydroxylation sites is 1. The first-order valence-electron chi connectivity index (χ1n) is 12.4. The van der Waals surface area contributed by atoms with Crippen LogP contribution in [0.5, 0.6) is 0 Å². The summed E-state index contributed by atoms with van der Waals surface area (Å²) in [6.07, 6.45) is 8.93. The maximum Gasteiger partial charge on any atom is 0.261 e. The van der Waals surface area contributed by atoms with Crippen LogP contribution in [0.3, 0.4) is 0 Å². The van der Waals surface area contributed by atoms with Crippen molar-refractivity contribution in [1.29, 1.82) is 0 Å². The number of carbonyl (C=O) groups is 1. The second kappa shape index (κ2) is 12.1. The Morgan fingerprint density at radius 1 is 1.25 bits per heavy atom. The van der Waals surface area contributed by atoms with Gasteiger partial charge >= 0.3 is 0 Å². The fraction of sp³-hybridized carbons (Fsp3) is 0.654. The minimum atomic E-state index is -0.216. The summed E-state index contributed by atoms with van der Waals surface area (Å²) in [7, 11) is 1.69. The molecule has 1 unspecified atom stereocenters. The molecule has 0 saturated heterocycles. The lowest BCUT2D eigenvalue weighted by Crippen LogP contribution is -2.39. The van der Waals surface area contributed by atoms with E-state index in [9.17, 15) is 9.59 Å². The predicted octanol–water partition coefficient (Wildman–Crippen LogP) is 5.09. The molecule has 0 N–H and O–H groups in total. The van der Waals surface area contributed by atoms with Crippen molar-refractivity contribution in [3.8, 4) is 0 Å². The van der Waals surface area contributed by atoms with Crippen molar-refractivity contribution in [1.82, 2.24) is 14.5 Å². The summed E-state index contributed by atoms with van der Waals surface area (Å²) in [5.74, 6) is 1.56. The number of hydrogen-bond acceptors (Lipinski definition) is 4. The van der Waals surface area contributed by atoms with Gasteiger partial charge in [0, 0.05) is 33.2 Å². The number of rotatable bonds is 12. The SMILES string of the molecule is CCCn1c(C(CC)N(CCCOC)C(=O)CCC2CCCC2)nc2ccccc2c1=O. The number of nitrogens with zero attached hydrogens (tertiary/aromatic N) is 3. The Morgan fingerprint density at radius 3 is 2.69 bits per heavy atom. The van der Waals surface area contributed by atoms with Crippen molar-refractivity contribution in [2.24, 2.45) is 5.92 Å². The van der Waals surface area contributed by atoms with E-state index >= 15 is 0 Å². The number of carbonyl (C=O) groups excluding carboxylic acids is 1. The molecule has 1 fully saturated rings. The Morgan fingerprint density at radius 2 is 2.00 bits per heavy atom. The van der Waals surface area contributed by atoms with Gasteiger partial charge in [-0.1, -0.05) is 51.7 Å². The third-order valence-corrected chi connectivity index (χ3v) is 6.71. The van der Waals surface area contributed by atoms with Crippen LogP contribution in [0.15, 0.2) is 29.1 Å². The Balaban J connectivity index is 1.95. The zero-order valence-electron chi connectivity index (χ0n) is 20.0. The van der Waals surface area contributed by atoms with E-state index in [1.165, 1.54) is 25.7 Å². The highest BCUT2D eigenvalue weighted by Crippen LogP contribution is 2.30. The van der Waals surface area contributed by atoms with E-state index in [0.717, 1.165) is 25.7 Å². The number of hydrogen-bond donors (Lipinski definition) is 0. The number of benzene rings is 1. The van der Waals surface area contributed by atoms with Crippen molar-refractivity contribution in [2.75, 3.05) is 20.3 Å². The lowest BCUT2D eigenvalue weighted by Gasteiger charge is -2.33. The molecular weight excluding hydrogens is 402 g/mol. The molecule has 6 heteroatoms. The van der Waals surface area contributed by atoms with Crippen LogP contribution >= 0.6 is 0 Å². The molecule has 2 aromatic rings. The van der Waals surface area contributed by atoms with Crippen LogP contribution in [0.2, 0.25) is 0 Å². The number of methoxy groups -OCH3 is 1. The first kappa shape index (κ1) is 24.4. The molecule has 1 aliphatic carbocycles. The molecule has 0 aliphatic heterocycles. The largest absolute Gasteiger partial charge is 0.385 e. The molecule has 6 nitrogen and oxygen atoms in total. The second-order valence-corrected chi connectivity index (χ2v) is 8.99. The van der Waals surface area contributed by atoms with Crippen LogP contribution in [0.25, 0.3) is 10.9 Å². The van der Waals surface area contributed by atoms with Crippen LogP contribution < -0.4 is 5.56 Å². The topological polar surface area (TPSA) is 64.4 Å². The molecule has 1 amide bonds. The van der Waals surface area contributed by atoms with Gasteiger partial charge in [-0.25, -0.2) is 4.98 Å². The summed E-state index contributed by atoms with van der Waals surface area (Å²) in [5, 5.41) is 0.637. The molecule has 1 atom stereocenters. The fourth-order valence-corrected chi connectivity index (χ4v) is 5.03. The Bertz CT molecular complexity index is 934. The number of amides is 1. The Labute approximate surface area is 192 Å². The van der Waals surface area contributed by atoms with E-state index < -0.39 is 0 Å². The molecule has 1 aromatic carbocycles. The predicted molar refractivity (Wildman–Crippen MR) is 129 cm³/mol. The van der Waals surface area contributed by atoms with E-state index in [2.05, 4.69) is 13.8 Å². The quantitative estimate of drug-likeness (QED) is 0.430. The van der Waals surface area contributed by atoms with E-state index in [0.29, 0.717) is 48.8 Å². The van der Waals surface area contributed by atoms with Crippen LogP contribution in [0, 0.1) is 5.92 Å². The third-order valence-electron chi connectivity index (χ3n) is 6.71. The van der Waals surface area contributed by atoms with Crippen LogP contribution in [-0.4, -0.2) is 40.6 Å². The van der Waals surface area contributed by atoms with Gasteiger partial charge in [-0.05, 0) is 43.7 Å². The molecule has 0 spiro atoms. The van der Waals surface area contributed by atoms with Gasteiger partial charge in [0.25, 0.3) is 5.56 Å². The highest BCUT2D eigenvalue weighted by molar-refractivity contribution is 5.78. The number of ether oxygens (including phenoxy) is 1. The molecule has 0 bridgehead atoms. The van der Waals surface area contributed by atoms with E-state index in [4.69, 9.17) is 9.72 Å². The van der Waals surface area contributed by atoms with Crippen LogP contribution in [0.4, 0.5) is 0 Å². The molecule has 1 aromatic heterocycles. The Kier molecular flexibility index (Phi) is 9.27. The summed E-state index contributed by atoms with van der Waals surface area (Å²) in [6.45, 7) is 5.97. The van der Waals surface area contributed by atoms with Crippen molar-refractivity contribution >= 4 is 16.8 Å². The minimum Gasteiger partial charge on any atom is -0.385 e. The average molecular weight is 442 g/mol. The smallest absolute Gasteiger partial charge is 0.261 e. The lowest BCUT2D eigenvalue weighted by molar-refractivity contribution is -0.134. The molecule has 1 aliphatic rings. The monoisotopic (exact) mass is 441 g/mol. The molecule has 0 radical (unpaired) electrons. The van der Waals surface area contributed by atoms with Gasteiger partial charge in [0.1, 0.15) is 5.82 Å². The van der Waals surface area contributed by atoms with Crippen molar-refractivity contribution in [2.45, 2.75) is 84.2 Å². The van der Waals surface area contributed by atoms with Crippen LogP contribution in [-0.2, 0) is 16.1 Å². The maximum atomic E-state index is 13.5. The van der Waals surface area contributed by atoms with Gasteiger partial charge < -0.3 is 9.64 Å². The fourth-order valence-electron chi connectivity index (χ4n) is 5.03. The zero-order chi connectivity index (χ0) is 22.9. The lowest BCUT2D eigenvalue weighted by atomic mass is 10.0. The molecule has 3 rings (SSSR count). The summed E-state index contributed by atoms with van der Waals surface area (Å²) in [4.78, 5) is 33.7.